The van der Waals surface area contributed by atoms with Gasteiger partial charge in [0.2, 0.25) is 5.69 Å². The van der Waals surface area contributed by atoms with Crippen LogP contribution < -0.4 is 9.64 Å². The van der Waals surface area contributed by atoms with E-state index in [4.69, 9.17) is 4.74 Å². The van der Waals surface area contributed by atoms with Crippen LogP contribution in [0.1, 0.15) is 37.8 Å². The fraction of sp³-hybridized carbons (Fsp3) is 0.353. The topological polar surface area (TPSA) is 362 Å². The summed E-state index contributed by atoms with van der Waals surface area (Å²) in [6, 6.07) is 7.54. The molecule has 0 aromatic heterocycles. The fourth-order valence-electron chi connectivity index (χ4n) is 8.07. The highest BCUT2D eigenvalue weighted by Gasteiger charge is 2.52. The number of carbonyl (C=O) groups is 1. The van der Waals surface area contributed by atoms with Crippen molar-refractivity contribution in [2.24, 2.45) is 0 Å². The van der Waals surface area contributed by atoms with Crippen LogP contribution in [-0.4, -0.2) is 131 Å². The van der Waals surface area contributed by atoms with Gasteiger partial charge in [-0.25, -0.2) is 8.42 Å². The van der Waals surface area contributed by atoms with Gasteiger partial charge in [-0.05, 0) is 73.7 Å². The highest BCUT2D eigenvalue weighted by Crippen LogP contribution is 2.51. The second kappa shape index (κ2) is 16.7. The molecule has 3 aromatic rings. The van der Waals surface area contributed by atoms with Crippen molar-refractivity contribution in [1.29, 1.82) is 0 Å². The largest absolute Gasteiger partial charge is 0.748 e. The zero-order valence-corrected chi connectivity index (χ0v) is 37.1. The van der Waals surface area contributed by atoms with Gasteiger partial charge in [0.15, 0.2) is 5.71 Å². The summed E-state index contributed by atoms with van der Waals surface area (Å²) in [7, 11) is -29.9. The van der Waals surface area contributed by atoms with Crippen molar-refractivity contribution < 1.29 is 91.9 Å². The van der Waals surface area contributed by atoms with Crippen molar-refractivity contribution in [3.05, 3.63) is 77.5 Å². The highest BCUT2D eigenvalue weighted by molar-refractivity contribution is 7.87. The van der Waals surface area contributed by atoms with E-state index < -0.39 is 104 Å². The second-order valence-corrected chi connectivity index (χ2v) is 23.6. The molecular formula is C34H38N2O20S6. The van der Waals surface area contributed by atoms with Gasteiger partial charge in [-0.1, -0.05) is 6.08 Å². The predicted octanol–water partition coefficient (Wildman–Crippen LogP) is 1.43. The van der Waals surface area contributed by atoms with E-state index in [0.29, 0.717) is 6.07 Å². The molecule has 2 atom stereocenters. The summed E-state index contributed by atoms with van der Waals surface area (Å²) in [5.41, 5.74) is -3.84. The van der Waals surface area contributed by atoms with Crippen LogP contribution in [0.3, 0.4) is 0 Å². The molecule has 3 aromatic carbocycles. The van der Waals surface area contributed by atoms with Crippen LogP contribution in [0.15, 0.2) is 76.2 Å². The van der Waals surface area contributed by atoms with E-state index in [1.165, 1.54) is 65.8 Å². The van der Waals surface area contributed by atoms with Gasteiger partial charge in [0.05, 0.1) is 37.7 Å². The Hall–Kier alpha value is -4.20. The SMILES string of the molecule is CC1(CS(=O)(=O)O)C(/C=C/C=C2/N(CCCS(=O)(=O)[O-])c3ccc(OC=O)cc3C2(C)CS(=O)(=O)O)=[N+](CCCS(=O)(=O)O)c2ccc3c(S(=O)(=O)O)cc(S(=O)(=O)O)cc3c21. The van der Waals surface area contributed by atoms with Crippen LogP contribution in [0.4, 0.5) is 11.4 Å². The number of anilines is 1. The molecule has 5 N–H and O–H groups in total. The summed E-state index contributed by atoms with van der Waals surface area (Å²) in [6.45, 7) is 2.04. The number of ether oxygens (including phenoxy) is 1. The van der Waals surface area contributed by atoms with Crippen LogP contribution in [0, 0.1) is 0 Å². The van der Waals surface area contributed by atoms with E-state index in [9.17, 15) is 82.6 Å². The third-order valence-electron chi connectivity index (χ3n) is 10.2. The van der Waals surface area contributed by atoms with Crippen LogP contribution in [-0.2, 0) is 76.3 Å². The molecule has 62 heavy (non-hydrogen) atoms. The number of benzene rings is 3. The molecule has 0 bridgehead atoms. The molecule has 22 nitrogen and oxygen atoms in total. The number of hydrogen-bond donors (Lipinski definition) is 5. The smallest absolute Gasteiger partial charge is 0.298 e. The molecule has 28 heteroatoms. The number of rotatable bonds is 18. The molecule has 0 spiro atoms. The van der Waals surface area contributed by atoms with E-state index in [0.717, 1.165) is 12.1 Å². The van der Waals surface area contributed by atoms with Gasteiger partial charge in [0.25, 0.3) is 57.1 Å². The van der Waals surface area contributed by atoms with Gasteiger partial charge in [-0.3, -0.25) is 27.6 Å². The molecule has 0 aliphatic carbocycles. The zero-order valence-electron chi connectivity index (χ0n) is 32.2. The molecule has 340 valence electrons. The van der Waals surface area contributed by atoms with Gasteiger partial charge < -0.3 is 14.2 Å². The molecule has 2 aliphatic heterocycles. The molecule has 0 saturated heterocycles. The Morgan fingerprint density at radius 1 is 0.742 bits per heavy atom. The quantitative estimate of drug-likeness (QED) is 0.0683. The minimum absolute atomic E-state index is 0.0134. The van der Waals surface area contributed by atoms with Gasteiger partial charge in [-0.2, -0.15) is 46.7 Å². The number of hydrogen-bond acceptors (Lipinski definition) is 16. The number of fused-ring (bicyclic) bond motifs is 4. The lowest BCUT2D eigenvalue weighted by Gasteiger charge is -2.29. The molecular weight excluding hydrogens is 949 g/mol. The van der Waals surface area contributed by atoms with E-state index in [1.807, 2.05) is 0 Å². The van der Waals surface area contributed by atoms with Crippen LogP contribution in [0.2, 0.25) is 0 Å². The molecule has 5 rings (SSSR count). The molecule has 2 unspecified atom stereocenters. The zero-order chi connectivity index (χ0) is 46.6. The van der Waals surface area contributed by atoms with E-state index in [1.54, 1.807) is 0 Å². The molecule has 0 saturated carbocycles. The lowest BCUT2D eigenvalue weighted by Crippen LogP contribution is -2.38. The Labute approximate surface area is 356 Å². The predicted molar refractivity (Wildman–Crippen MR) is 219 cm³/mol. The standard InChI is InChI=1S/C34H38N2O20S6/c1-33(19-59(44,45)46)26-16-22(56-21-37)8-10-27(26)35(12-4-14-57(38,39)40)30(33)6-3-7-31-34(2,20-60(47,48)49)32-25-17-23(61(50,51)52)18-29(62(53,54)55)24(25)9-11-28(32)36(31)13-5-15-58(41,42)43/h3,6-11,16-18,21H,4-5,12-15,19-20H2,1-2H3,(H5-,38,39,40,41,42,43,44,45,46,47,48,49,50,51,52,53,54,55). The van der Waals surface area contributed by atoms with E-state index in [-0.39, 0.29) is 82.8 Å². The number of allylic oxidation sites excluding steroid dienone is 4. The van der Waals surface area contributed by atoms with E-state index >= 15 is 0 Å². The third kappa shape index (κ3) is 10.8. The van der Waals surface area contributed by atoms with E-state index in [2.05, 4.69) is 0 Å². The van der Waals surface area contributed by atoms with Gasteiger partial charge in [-0.15, -0.1) is 0 Å². The average Bonchev–Trinajstić information content (AvgIpc) is 3.44. The summed E-state index contributed by atoms with van der Waals surface area (Å²) in [5, 5.41) is -0.762. The lowest BCUT2D eigenvalue weighted by atomic mass is 9.78. The van der Waals surface area contributed by atoms with Crippen LogP contribution >= 0.6 is 0 Å². The highest BCUT2D eigenvalue weighted by atomic mass is 32.2. The summed E-state index contributed by atoms with van der Waals surface area (Å²) >= 11 is 0. The first-order chi connectivity index (χ1) is 28.2. The number of carbonyl (C=O) groups excluding carboxylic acids is 1. The minimum Gasteiger partial charge on any atom is -0.748 e. The normalized spacial score (nSPS) is 20.6. The Morgan fingerprint density at radius 2 is 1.37 bits per heavy atom. The van der Waals surface area contributed by atoms with Crippen molar-refractivity contribution in [2.75, 3.05) is 41.0 Å². The lowest BCUT2D eigenvalue weighted by molar-refractivity contribution is -0.437. The van der Waals surface area contributed by atoms with Crippen LogP contribution in [0.25, 0.3) is 10.8 Å². The average molecular weight is 987 g/mol. The Morgan fingerprint density at radius 3 is 1.92 bits per heavy atom. The van der Waals surface area contributed by atoms with Crippen molar-refractivity contribution in [1.82, 2.24) is 0 Å². The van der Waals surface area contributed by atoms with Gasteiger partial charge in [0, 0.05) is 53.2 Å². The maximum atomic E-state index is 12.8. The summed E-state index contributed by atoms with van der Waals surface area (Å²) in [6.07, 6.45) is 3.01. The Kier molecular flexibility index (Phi) is 13.2. The fourth-order valence-corrected chi connectivity index (χ4v) is 12.4. The summed E-state index contributed by atoms with van der Waals surface area (Å²) in [5.74, 6) is -4.05. The first-order valence-corrected chi connectivity index (χ1v) is 26.9. The van der Waals surface area contributed by atoms with Crippen molar-refractivity contribution in [3.63, 3.8) is 0 Å². The second-order valence-electron chi connectivity index (χ2n) is 14.8. The molecule has 2 heterocycles. The maximum Gasteiger partial charge on any atom is 0.298 e. The maximum absolute atomic E-state index is 12.8. The monoisotopic (exact) mass is 986 g/mol. The Bertz CT molecular complexity index is 3160. The first kappa shape index (κ1) is 48.8. The summed E-state index contributed by atoms with van der Waals surface area (Å²) < 4.78 is 215. The van der Waals surface area contributed by atoms with Crippen LogP contribution in [0.5, 0.6) is 5.75 Å². The number of nitrogens with zero attached hydrogens (tertiary/aromatic N) is 2. The molecule has 0 fully saturated rings. The van der Waals surface area contributed by atoms with Crippen molar-refractivity contribution in [3.8, 4) is 5.75 Å². The summed E-state index contributed by atoms with van der Waals surface area (Å²) in [4.78, 5) is 10.5. The molecule has 2 aliphatic rings. The van der Waals surface area contributed by atoms with Crippen molar-refractivity contribution >= 4 is 95.0 Å². The Balaban J connectivity index is 1.85. The van der Waals surface area contributed by atoms with Gasteiger partial charge >= 0.3 is 0 Å². The third-order valence-corrected chi connectivity index (χ3v) is 15.4. The molecule has 0 radical (unpaired) electrons. The van der Waals surface area contributed by atoms with Gasteiger partial charge in [0.1, 0.15) is 22.6 Å². The minimum atomic E-state index is -5.28. The molecule has 0 amide bonds. The van der Waals surface area contributed by atoms with Crippen molar-refractivity contribution in [2.45, 2.75) is 47.3 Å². The first-order valence-electron chi connectivity index (χ1n) is 17.6.